The molecular weight excluding hydrogens is 217 g/mol. The molecule has 0 bridgehead atoms. The number of nitro benzene ring substituents is 1. The Balaban J connectivity index is 2.91. The lowest BCUT2D eigenvalue weighted by Crippen LogP contribution is -2.32. The number of non-ortho nitro benzene ring substituents is 1. The maximum atomic E-state index is 13.3. The van der Waals surface area contributed by atoms with Crippen LogP contribution in [0.4, 0.5) is 15.8 Å². The molecule has 16 heavy (non-hydrogen) atoms. The zero-order valence-electron chi connectivity index (χ0n) is 8.44. The summed E-state index contributed by atoms with van der Waals surface area (Å²) in [6.07, 6.45) is 0. The van der Waals surface area contributed by atoms with E-state index in [0.717, 1.165) is 18.2 Å². The number of nitrogens with zero attached hydrogens (tertiary/aromatic N) is 1. The molecule has 1 aromatic rings. The van der Waals surface area contributed by atoms with E-state index in [-0.39, 0.29) is 11.4 Å². The smallest absolute Gasteiger partial charge is 0.272 e. The molecule has 1 rings (SSSR count). The molecule has 1 atom stereocenters. The maximum Gasteiger partial charge on any atom is 0.272 e. The zero-order chi connectivity index (χ0) is 12.3. The molecule has 1 aromatic carbocycles. The second-order valence-corrected chi connectivity index (χ2v) is 3.20. The maximum absolute atomic E-state index is 13.3. The minimum absolute atomic E-state index is 0.132. The van der Waals surface area contributed by atoms with E-state index in [1.54, 1.807) is 0 Å². The molecule has 0 aromatic heterocycles. The lowest BCUT2D eigenvalue weighted by molar-refractivity contribution is -0.385. The second kappa shape index (κ2) is 4.67. The van der Waals surface area contributed by atoms with Gasteiger partial charge >= 0.3 is 0 Å². The Kier molecular flexibility index (Phi) is 3.51. The van der Waals surface area contributed by atoms with Gasteiger partial charge in [0.25, 0.3) is 5.69 Å². The normalized spacial score (nSPS) is 11.9. The van der Waals surface area contributed by atoms with Crippen LogP contribution in [0.5, 0.6) is 0 Å². The first kappa shape index (κ1) is 12.1. The average Bonchev–Trinajstić information content (AvgIpc) is 2.20. The van der Waals surface area contributed by atoms with Gasteiger partial charge in [0, 0.05) is 6.07 Å². The monoisotopic (exact) mass is 227 g/mol. The van der Waals surface area contributed by atoms with Gasteiger partial charge in [-0.1, -0.05) is 0 Å². The van der Waals surface area contributed by atoms with E-state index in [1.807, 2.05) is 0 Å². The third kappa shape index (κ3) is 2.74. The summed E-state index contributed by atoms with van der Waals surface area (Å²) in [5.41, 5.74) is 4.76. The average molecular weight is 227 g/mol. The topological polar surface area (TPSA) is 98.3 Å². The number of hydrogen-bond acceptors (Lipinski definition) is 4. The number of anilines is 1. The van der Waals surface area contributed by atoms with E-state index in [9.17, 15) is 19.3 Å². The van der Waals surface area contributed by atoms with Crippen LogP contribution in [0.15, 0.2) is 18.2 Å². The summed E-state index contributed by atoms with van der Waals surface area (Å²) in [5, 5.41) is 12.5. The van der Waals surface area contributed by atoms with Crippen LogP contribution in [0.3, 0.4) is 0 Å². The molecule has 0 spiro atoms. The molecule has 7 heteroatoms. The van der Waals surface area contributed by atoms with Crippen LogP contribution in [0, 0.1) is 15.9 Å². The molecule has 6 nitrogen and oxygen atoms in total. The number of nitro groups is 1. The molecule has 0 saturated carbocycles. The third-order valence-corrected chi connectivity index (χ3v) is 1.83. The van der Waals surface area contributed by atoms with Crippen LogP contribution in [0.25, 0.3) is 0 Å². The largest absolute Gasteiger partial charge is 0.322 e. The van der Waals surface area contributed by atoms with E-state index < -0.39 is 22.7 Å². The van der Waals surface area contributed by atoms with Gasteiger partial charge in [0.1, 0.15) is 0 Å². The molecule has 0 aliphatic carbocycles. The first-order valence-corrected chi connectivity index (χ1v) is 4.42. The Labute approximate surface area is 90.4 Å². The van der Waals surface area contributed by atoms with Crippen LogP contribution in [0.2, 0.25) is 0 Å². The van der Waals surface area contributed by atoms with Crippen molar-refractivity contribution in [3.63, 3.8) is 0 Å². The van der Waals surface area contributed by atoms with Crippen molar-refractivity contribution in [3.05, 3.63) is 34.1 Å². The van der Waals surface area contributed by atoms with Crippen LogP contribution < -0.4 is 11.1 Å². The Bertz CT molecular complexity index is 434. The quantitative estimate of drug-likeness (QED) is 0.594. The fourth-order valence-corrected chi connectivity index (χ4v) is 0.966. The Morgan fingerprint density at radius 2 is 2.25 bits per heavy atom. The first-order valence-electron chi connectivity index (χ1n) is 4.42. The molecule has 0 aliphatic rings. The molecular formula is C9H10FN3O3. The predicted octanol–water partition coefficient (Wildman–Crippen LogP) is 1.02. The summed E-state index contributed by atoms with van der Waals surface area (Å²) in [6, 6.07) is 2.17. The summed E-state index contributed by atoms with van der Waals surface area (Å²) >= 11 is 0. The molecule has 0 unspecified atom stereocenters. The Hall–Kier alpha value is -2.02. The zero-order valence-corrected chi connectivity index (χ0v) is 8.44. The van der Waals surface area contributed by atoms with Crippen LogP contribution in [0.1, 0.15) is 6.92 Å². The number of carbonyl (C=O) groups is 1. The highest BCUT2D eigenvalue weighted by Crippen LogP contribution is 2.20. The van der Waals surface area contributed by atoms with Gasteiger partial charge < -0.3 is 11.1 Å². The SMILES string of the molecule is C[C@H](N)C(=O)Nc1ccc([N+](=O)[O-])cc1F. The summed E-state index contributed by atoms with van der Waals surface area (Å²) < 4.78 is 13.3. The number of benzene rings is 1. The van der Waals surface area contributed by atoms with Crippen LogP contribution in [-0.2, 0) is 4.79 Å². The number of amides is 1. The molecule has 0 fully saturated rings. The lowest BCUT2D eigenvalue weighted by atomic mass is 10.2. The molecule has 0 aliphatic heterocycles. The van der Waals surface area contributed by atoms with Crippen molar-refractivity contribution in [1.29, 1.82) is 0 Å². The fourth-order valence-electron chi connectivity index (χ4n) is 0.966. The van der Waals surface area contributed by atoms with Gasteiger partial charge in [0.2, 0.25) is 5.91 Å². The van der Waals surface area contributed by atoms with E-state index in [1.165, 1.54) is 6.92 Å². The highest BCUT2D eigenvalue weighted by Gasteiger charge is 2.14. The fraction of sp³-hybridized carbons (Fsp3) is 0.222. The molecule has 86 valence electrons. The molecule has 0 saturated heterocycles. The summed E-state index contributed by atoms with van der Waals surface area (Å²) in [4.78, 5) is 20.8. The Morgan fingerprint density at radius 3 is 2.69 bits per heavy atom. The van der Waals surface area contributed by atoms with Gasteiger partial charge in [-0.05, 0) is 13.0 Å². The predicted molar refractivity (Wildman–Crippen MR) is 55.3 cm³/mol. The van der Waals surface area contributed by atoms with Crippen LogP contribution >= 0.6 is 0 Å². The minimum Gasteiger partial charge on any atom is -0.322 e. The van der Waals surface area contributed by atoms with E-state index in [2.05, 4.69) is 5.32 Å². The van der Waals surface area contributed by atoms with Crippen molar-refractivity contribution >= 4 is 17.3 Å². The van der Waals surface area contributed by atoms with Gasteiger partial charge in [-0.2, -0.15) is 0 Å². The van der Waals surface area contributed by atoms with E-state index in [4.69, 9.17) is 5.73 Å². The number of hydrogen-bond donors (Lipinski definition) is 2. The number of carbonyl (C=O) groups excluding carboxylic acids is 1. The van der Waals surface area contributed by atoms with Crippen molar-refractivity contribution in [2.45, 2.75) is 13.0 Å². The summed E-state index contributed by atoms with van der Waals surface area (Å²) in [6.45, 7) is 1.44. The molecule has 0 heterocycles. The molecule has 3 N–H and O–H groups in total. The van der Waals surface area contributed by atoms with Gasteiger partial charge in [-0.15, -0.1) is 0 Å². The number of rotatable bonds is 3. The van der Waals surface area contributed by atoms with E-state index >= 15 is 0 Å². The first-order chi connectivity index (χ1) is 7.41. The number of nitrogens with two attached hydrogens (primary N) is 1. The van der Waals surface area contributed by atoms with Crippen molar-refractivity contribution in [1.82, 2.24) is 0 Å². The van der Waals surface area contributed by atoms with Crippen molar-refractivity contribution in [2.24, 2.45) is 5.73 Å². The molecule has 0 radical (unpaired) electrons. The minimum atomic E-state index is -0.872. The highest BCUT2D eigenvalue weighted by molar-refractivity contribution is 5.94. The van der Waals surface area contributed by atoms with Crippen LogP contribution in [-0.4, -0.2) is 16.9 Å². The number of halogens is 1. The van der Waals surface area contributed by atoms with Crippen molar-refractivity contribution in [2.75, 3.05) is 5.32 Å². The van der Waals surface area contributed by atoms with E-state index in [0.29, 0.717) is 0 Å². The van der Waals surface area contributed by atoms with Gasteiger partial charge in [0.15, 0.2) is 5.82 Å². The highest BCUT2D eigenvalue weighted by atomic mass is 19.1. The van der Waals surface area contributed by atoms with Gasteiger partial charge in [0.05, 0.1) is 22.7 Å². The van der Waals surface area contributed by atoms with Crippen molar-refractivity contribution < 1.29 is 14.1 Å². The van der Waals surface area contributed by atoms with Gasteiger partial charge in [-0.3, -0.25) is 14.9 Å². The lowest BCUT2D eigenvalue weighted by Gasteiger charge is -2.08. The number of nitrogens with one attached hydrogen (secondary N) is 1. The molecule has 1 amide bonds. The summed E-state index contributed by atoms with van der Waals surface area (Å²) in [5.74, 6) is -1.43. The standard InChI is InChI=1S/C9H10FN3O3/c1-5(11)9(14)12-8-3-2-6(13(15)16)4-7(8)10/h2-5H,11H2,1H3,(H,12,14)/t5-/m0/s1. The van der Waals surface area contributed by atoms with Gasteiger partial charge in [-0.25, -0.2) is 4.39 Å². The second-order valence-electron chi connectivity index (χ2n) is 3.20. The van der Waals surface area contributed by atoms with Crippen molar-refractivity contribution in [3.8, 4) is 0 Å². The summed E-state index contributed by atoms with van der Waals surface area (Å²) in [7, 11) is 0. The third-order valence-electron chi connectivity index (χ3n) is 1.83. The Morgan fingerprint density at radius 1 is 1.62 bits per heavy atom.